The van der Waals surface area contributed by atoms with Crippen LogP contribution in [-0.4, -0.2) is 82.0 Å². The summed E-state index contributed by atoms with van der Waals surface area (Å²) >= 11 is 1.43. The van der Waals surface area contributed by atoms with E-state index in [1.54, 1.807) is 33.5 Å². The average molecular weight is 609 g/mol. The summed E-state index contributed by atoms with van der Waals surface area (Å²) in [5.41, 5.74) is 1.17. The van der Waals surface area contributed by atoms with Crippen molar-refractivity contribution in [2.75, 3.05) is 58.4 Å². The number of fused-ring (bicyclic) bond motifs is 2. The number of piperidine rings is 1. The molecule has 0 N–H and O–H groups in total. The third-order valence-electron chi connectivity index (χ3n) is 7.08. The number of sulfonamides is 1. The second kappa shape index (κ2) is 12.6. The normalized spacial score (nSPS) is 19.4. The van der Waals surface area contributed by atoms with Gasteiger partial charge < -0.3 is 14.4 Å². The number of anilines is 1. The molecular formula is C28H37ClN4O5S2. The Morgan fingerprint density at radius 3 is 2.27 bits per heavy atom. The minimum Gasteiger partial charge on any atom is -0.486 e. The van der Waals surface area contributed by atoms with Gasteiger partial charge in [-0.25, -0.2) is 13.4 Å². The fraction of sp³-hybridized carbons (Fsp3) is 0.500. The van der Waals surface area contributed by atoms with Gasteiger partial charge in [-0.2, -0.15) is 4.31 Å². The van der Waals surface area contributed by atoms with Crippen LogP contribution in [0.15, 0.2) is 41.3 Å². The fourth-order valence-corrected chi connectivity index (χ4v) is 7.95. The van der Waals surface area contributed by atoms with Crippen molar-refractivity contribution in [2.24, 2.45) is 11.8 Å². The topological polar surface area (TPSA) is 92.3 Å². The molecule has 12 heteroatoms. The molecule has 3 aromatic rings. The van der Waals surface area contributed by atoms with E-state index in [2.05, 4.69) is 18.7 Å². The Kier molecular flexibility index (Phi) is 9.62. The van der Waals surface area contributed by atoms with E-state index >= 15 is 0 Å². The first-order valence-corrected chi connectivity index (χ1v) is 15.6. The molecule has 1 fully saturated rings. The van der Waals surface area contributed by atoms with Gasteiger partial charge in [0.15, 0.2) is 16.6 Å². The Bertz CT molecular complexity index is 1390. The Balaban J connectivity index is 0.00000370. The van der Waals surface area contributed by atoms with Gasteiger partial charge in [-0.05, 0) is 69.6 Å². The largest absolute Gasteiger partial charge is 0.486 e. The van der Waals surface area contributed by atoms with Crippen LogP contribution in [0.3, 0.4) is 0 Å². The van der Waals surface area contributed by atoms with Crippen LogP contribution in [0.5, 0.6) is 11.5 Å². The van der Waals surface area contributed by atoms with Crippen LogP contribution in [0, 0.1) is 11.8 Å². The van der Waals surface area contributed by atoms with Gasteiger partial charge in [-0.3, -0.25) is 9.69 Å². The Morgan fingerprint density at radius 1 is 1.02 bits per heavy atom. The van der Waals surface area contributed by atoms with Crippen molar-refractivity contribution in [3.05, 3.63) is 42.0 Å². The van der Waals surface area contributed by atoms with Crippen molar-refractivity contribution in [3.8, 4) is 11.5 Å². The second-order valence-corrected chi connectivity index (χ2v) is 13.8. The number of halogens is 1. The summed E-state index contributed by atoms with van der Waals surface area (Å²) in [5.74, 6) is 1.76. The van der Waals surface area contributed by atoms with E-state index in [1.807, 2.05) is 26.2 Å². The number of amides is 1. The van der Waals surface area contributed by atoms with Crippen LogP contribution in [0.1, 0.15) is 37.0 Å². The average Bonchev–Trinajstić information content (AvgIpc) is 3.31. The third-order valence-corrected chi connectivity index (χ3v) is 9.97. The summed E-state index contributed by atoms with van der Waals surface area (Å²) in [6, 6.07) is 10.1. The number of carbonyl (C=O) groups is 1. The van der Waals surface area contributed by atoms with Gasteiger partial charge in [-0.1, -0.05) is 25.2 Å². The molecule has 1 saturated heterocycles. The van der Waals surface area contributed by atoms with E-state index in [9.17, 15) is 13.2 Å². The molecule has 0 saturated carbocycles. The second-order valence-electron chi connectivity index (χ2n) is 10.9. The quantitative estimate of drug-likeness (QED) is 0.364. The van der Waals surface area contributed by atoms with Crippen molar-refractivity contribution in [1.82, 2.24) is 14.2 Å². The third kappa shape index (κ3) is 6.54. The number of hydrogen-bond donors (Lipinski definition) is 0. The number of nitrogens with zero attached hydrogens (tertiary/aromatic N) is 4. The summed E-state index contributed by atoms with van der Waals surface area (Å²) in [4.78, 5) is 22.5. The van der Waals surface area contributed by atoms with Crippen LogP contribution < -0.4 is 14.4 Å². The summed E-state index contributed by atoms with van der Waals surface area (Å²) in [5, 5.41) is 0.587. The Labute approximate surface area is 246 Å². The molecule has 2 aliphatic rings. The molecule has 0 bridgehead atoms. The molecule has 2 unspecified atom stereocenters. The molecule has 9 nitrogen and oxygen atoms in total. The molecule has 0 spiro atoms. The molecule has 0 aliphatic carbocycles. The molecule has 2 atom stereocenters. The van der Waals surface area contributed by atoms with Crippen LogP contribution in [0.4, 0.5) is 5.13 Å². The maximum atomic E-state index is 13.8. The maximum Gasteiger partial charge on any atom is 0.260 e. The number of rotatable bonds is 8. The van der Waals surface area contributed by atoms with E-state index < -0.39 is 10.0 Å². The molecule has 1 aromatic heterocycles. The highest BCUT2D eigenvalue weighted by atomic mass is 35.5. The van der Waals surface area contributed by atoms with Crippen molar-refractivity contribution in [3.63, 3.8) is 0 Å². The van der Waals surface area contributed by atoms with Crippen molar-refractivity contribution >= 4 is 55.0 Å². The predicted molar refractivity (Wildman–Crippen MR) is 161 cm³/mol. The van der Waals surface area contributed by atoms with Gasteiger partial charge in [0.25, 0.3) is 5.91 Å². The van der Waals surface area contributed by atoms with Crippen LogP contribution in [0.25, 0.3) is 10.2 Å². The number of hydrogen-bond acceptors (Lipinski definition) is 8. The predicted octanol–water partition coefficient (Wildman–Crippen LogP) is 4.75. The number of aromatic nitrogens is 1. The molecule has 40 heavy (non-hydrogen) atoms. The van der Waals surface area contributed by atoms with Gasteiger partial charge in [-0.15, -0.1) is 12.4 Å². The van der Waals surface area contributed by atoms with Crippen LogP contribution >= 0.6 is 23.7 Å². The number of ether oxygens (including phenoxy) is 2. The molecule has 218 valence electrons. The smallest absolute Gasteiger partial charge is 0.260 e. The van der Waals surface area contributed by atoms with E-state index in [0.717, 1.165) is 29.6 Å². The van der Waals surface area contributed by atoms with Crippen molar-refractivity contribution < 1.29 is 22.7 Å². The lowest BCUT2D eigenvalue weighted by molar-refractivity contribution is 0.0986. The first-order chi connectivity index (χ1) is 18.6. The standard InChI is InChI=1S/C28H36N4O5S2.ClH/c1-19-14-20(2)18-31(17-19)39(34,35)22-8-6-21(7-9-22)27(33)32(11-5-10-30(3)4)28-29-23-15-24-25(16-26(23)38-28)37-13-12-36-24;/h6-9,15-16,19-20H,5,10-14,17-18H2,1-4H3;1H. The van der Waals surface area contributed by atoms with Crippen molar-refractivity contribution in [2.45, 2.75) is 31.6 Å². The lowest BCUT2D eigenvalue weighted by Gasteiger charge is -2.34. The van der Waals surface area contributed by atoms with E-state index in [-0.39, 0.29) is 23.2 Å². The molecule has 3 heterocycles. The Morgan fingerprint density at radius 2 is 1.65 bits per heavy atom. The lowest BCUT2D eigenvalue weighted by Crippen LogP contribution is -2.42. The minimum absolute atomic E-state index is 0. The highest BCUT2D eigenvalue weighted by Gasteiger charge is 2.32. The van der Waals surface area contributed by atoms with Crippen molar-refractivity contribution in [1.29, 1.82) is 0 Å². The molecule has 5 rings (SSSR count). The van der Waals surface area contributed by atoms with E-state index in [4.69, 9.17) is 14.5 Å². The minimum atomic E-state index is -3.62. The van der Waals surface area contributed by atoms with Gasteiger partial charge in [0.1, 0.15) is 13.2 Å². The highest BCUT2D eigenvalue weighted by Crippen LogP contribution is 2.39. The lowest BCUT2D eigenvalue weighted by atomic mass is 9.94. The summed E-state index contributed by atoms with van der Waals surface area (Å²) in [6.45, 7) is 7.49. The SMILES string of the molecule is CC1CC(C)CN(S(=O)(=O)c2ccc(C(=O)N(CCCN(C)C)c3nc4cc5c(cc4s3)OCCO5)cc2)C1.Cl. The van der Waals surface area contributed by atoms with E-state index in [0.29, 0.717) is 66.9 Å². The molecule has 2 aliphatic heterocycles. The van der Waals surface area contributed by atoms with Crippen LogP contribution in [-0.2, 0) is 10.0 Å². The Hall–Kier alpha value is -2.44. The fourth-order valence-electron chi connectivity index (χ4n) is 5.27. The zero-order valence-electron chi connectivity index (χ0n) is 23.3. The zero-order valence-corrected chi connectivity index (χ0v) is 25.8. The number of carbonyl (C=O) groups excluding carboxylic acids is 1. The summed E-state index contributed by atoms with van der Waals surface area (Å²) in [6.07, 6.45) is 1.78. The molecule has 0 radical (unpaired) electrons. The molecule has 1 amide bonds. The van der Waals surface area contributed by atoms with Gasteiger partial charge >= 0.3 is 0 Å². The molecular weight excluding hydrogens is 572 g/mol. The van der Waals surface area contributed by atoms with E-state index in [1.165, 1.54) is 11.3 Å². The first kappa shape index (κ1) is 30.5. The van der Waals surface area contributed by atoms with Crippen LogP contribution in [0.2, 0.25) is 0 Å². The van der Waals surface area contributed by atoms with Gasteiger partial charge in [0, 0.05) is 37.3 Å². The van der Waals surface area contributed by atoms with Gasteiger partial charge in [0.2, 0.25) is 10.0 Å². The number of thiazole rings is 1. The molecule has 2 aromatic carbocycles. The first-order valence-electron chi connectivity index (χ1n) is 13.4. The van der Waals surface area contributed by atoms with Gasteiger partial charge in [0.05, 0.1) is 15.1 Å². The zero-order chi connectivity index (χ0) is 27.7. The highest BCUT2D eigenvalue weighted by molar-refractivity contribution is 7.89. The summed E-state index contributed by atoms with van der Waals surface area (Å²) in [7, 11) is 0.372. The monoisotopic (exact) mass is 608 g/mol. The summed E-state index contributed by atoms with van der Waals surface area (Å²) < 4.78 is 40.6. The number of benzene rings is 2. The maximum absolute atomic E-state index is 13.8.